The third kappa shape index (κ3) is 3.55. The lowest BCUT2D eigenvalue weighted by Crippen LogP contribution is -2.27. The molecule has 2 heterocycles. The minimum Gasteiger partial charge on any atom is -0.384 e. The maximum absolute atomic E-state index is 12.4. The third-order valence-electron chi connectivity index (χ3n) is 4.30. The number of anilines is 1. The van der Waals surface area contributed by atoms with Crippen LogP contribution < -0.4 is 10.6 Å². The van der Waals surface area contributed by atoms with E-state index in [-0.39, 0.29) is 5.91 Å². The maximum atomic E-state index is 12.4. The molecule has 0 radical (unpaired) electrons. The standard InChI is InChI=1S/C18H24N4O/c1-2-16-19-11-13-22(16)12-5-10-21-18(23)15-8-3-6-14-7-4-9-20-17(14)15/h3,6,8,11,13,20H,2,4-5,7,9-10,12H2,1H3,(H,21,23). The van der Waals surface area contributed by atoms with Gasteiger partial charge >= 0.3 is 0 Å². The molecule has 3 rings (SSSR count). The lowest BCUT2D eigenvalue weighted by Gasteiger charge is -2.20. The Labute approximate surface area is 137 Å². The summed E-state index contributed by atoms with van der Waals surface area (Å²) in [5.41, 5.74) is 3.02. The third-order valence-corrected chi connectivity index (χ3v) is 4.30. The zero-order valence-electron chi connectivity index (χ0n) is 13.6. The fraction of sp³-hybridized carbons (Fsp3) is 0.444. The number of nitrogens with zero attached hydrogens (tertiary/aromatic N) is 2. The summed E-state index contributed by atoms with van der Waals surface area (Å²) in [6, 6.07) is 5.97. The lowest BCUT2D eigenvalue weighted by molar-refractivity contribution is 0.0953. The molecule has 1 aromatic carbocycles. The van der Waals surface area contributed by atoms with Gasteiger partial charge in [-0.2, -0.15) is 0 Å². The van der Waals surface area contributed by atoms with E-state index < -0.39 is 0 Å². The van der Waals surface area contributed by atoms with Gasteiger partial charge in [-0.25, -0.2) is 4.98 Å². The average Bonchev–Trinajstić information content (AvgIpc) is 3.05. The van der Waals surface area contributed by atoms with Crippen LogP contribution in [0.4, 0.5) is 5.69 Å². The molecule has 5 nitrogen and oxygen atoms in total. The summed E-state index contributed by atoms with van der Waals surface area (Å²) >= 11 is 0. The van der Waals surface area contributed by atoms with Gasteiger partial charge in [0.15, 0.2) is 0 Å². The number of aromatic nitrogens is 2. The number of benzene rings is 1. The number of amides is 1. The van der Waals surface area contributed by atoms with Crippen molar-refractivity contribution < 1.29 is 4.79 Å². The molecule has 0 atom stereocenters. The van der Waals surface area contributed by atoms with Gasteiger partial charge in [-0.05, 0) is 30.9 Å². The van der Waals surface area contributed by atoms with Crippen LogP contribution in [0.15, 0.2) is 30.6 Å². The number of hydrogen-bond acceptors (Lipinski definition) is 3. The van der Waals surface area contributed by atoms with Crippen molar-refractivity contribution in [3.05, 3.63) is 47.5 Å². The highest BCUT2D eigenvalue weighted by Gasteiger charge is 2.16. The van der Waals surface area contributed by atoms with E-state index in [9.17, 15) is 4.79 Å². The summed E-state index contributed by atoms with van der Waals surface area (Å²) in [5.74, 6) is 1.11. The summed E-state index contributed by atoms with van der Waals surface area (Å²) in [7, 11) is 0. The molecule has 23 heavy (non-hydrogen) atoms. The second kappa shape index (κ2) is 7.31. The molecule has 0 aliphatic carbocycles. The summed E-state index contributed by atoms with van der Waals surface area (Å²) < 4.78 is 2.15. The topological polar surface area (TPSA) is 59.0 Å². The summed E-state index contributed by atoms with van der Waals surface area (Å²) in [6.45, 7) is 4.60. The van der Waals surface area contributed by atoms with Crippen molar-refractivity contribution in [1.29, 1.82) is 0 Å². The molecule has 0 bridgehead atoms. The van der Waals surface area contributed by atoms with Crippen molar-refractivity contribution >= 4 is 11.6 Å². The van der Waals surface area contributed by atoms with Gasteiger partial charge in [0.25, 0.3) is 5.91 Å². The Bertz CT molecular complexity index is 677. The first-order valence-electron chi connectivity index (χ1n) is 8.43. The smallest absolute Gasteiger partial charge is 0.253 e. The Hall–Kier alpha value is -2.30. The van der Waals surface area contributed by atoms with Crippen molar-refractivity contribution in [2.75, 3.05) is 18.4 Å². The second-order valence-corrected chi connectivity index (χ2v) is 5.87. The van der Waals surface area contributed by atoms with Crippen LogP contribution in [0.25, 0.3) is 0 Å². The monoisotopic (exact) mass is 312 g/mol. The fourth-order valence-electron chi connectivity index (χ4n) is 3.10. The van der Waals surface area contributed by atoms with E-state index in [4.69, 9.17) is 0 Å². The Morgan fingerprint density at radius 2 is 2.35 bits per heavy atom. The number of nitrogens with one attached hydrogen (secondary N) is 2. The number of carbonyl (C=O) groups is 1. The molecule has 1 aliphatic heterocycles. The first-order valence-corrected chi connectivity index (χ1v) is 8.43. The van der Waals surface area contributed by atoms with Gasteiger partial charge in [0.05, 0.1) is 11.3 Å². The van der Waals surface area contributed by atoms with Gasteiger partial charge in [-0.1, -0.05) is 19.1 Å². The van der Waals surface area contributed by atoms with E-state index in [2.05, 4.69) is 33.2 Å². The van der Waals surface area contributed by atoms with Crippen LogP contribution >= 0.6 is 0 Å². The molecular weight excluding hydrogens is 288 g/mol. The molecule has 2 N–H and O–H groups in total. The summed E-state index contributed by atoms with van der Waals surface area (Å²) in [4.78, 5) is 16.7. The minimum atomic E-state index is 0.0117. The first-order chi connectivity index (χ1) is 11.3. The highest BCUT2D eigenvalue weighted by atomic mass is 16.1. The predicted octanol–water partition coefficient (Wildman–Crippen LogP) is 2.62. The van der Waals surface area contributed by atoms with E-state index in [1.165, 1.54) is 5.56 Å². The Balaban J connectivity index is 1.54. The molecule has 0 spiro atoms. The van der Waals surface area contributed by atoms with Crippen LogP contribution in [-0.2, 0) is 19.4 Å². The van der Waals surface area contributed by atoms with E-state index in [0.29, 0.717) is 6.54 Å². The Kier molecular flexibility index (Phi) is 4.95. The zero-order valence-corrected chi connectivity index (χ0v) is 13.6. The summed E-state index contributed by atoms with van der Waals surface area (Å²) in [6.07, 6.45) is 7.84. The van der Waals surface area contributed by atoms with Gasteiger partial charge in [-0.15, -0.1) is 0 Å². The largest absolute Gasteiger partial charge is 0.384 e. The highest BCUT2D eigenvalue weighted by molar-refractivity contribution is 6.00. The Morgan fingerprint density at radius 3 is 3.22 bits per heavy atom. The van der Waals surface area contributed by atoms with Crippen LogP contribution in [0.5, 0.6) is 0 Å². The lowest BCUT2D eigenvalue weighted by atomic mass is 9.99. The van der Waals surface area contributed by atoms with Crippen LogP contribution in [0.2, 0.25) is 0 Å². The van der Waals surface area contributed by atoms with Gasteiger partial charge in [-0.3, -0.25) is 4.79 Å². The quantitative estimate of drug-likeness (QED) is 0.806. The molecule has 1 aliphatic rings. The molecule has 0 unspecified atom stereocenters. The van der Waals surface area contributed by atoms with E-state index in [0.717, 1.165) is 55.8 Å². The zero-order chi connectivity index (χ0) is 16.1. The minimum absolute atomic E-state index is 0.0117. The number of aryl methyl sites for hydroxylation is 3. The van der Waals surface area contributed by atoms with Crippen molar-refractivity contribution in [3.8, 4) is 0 Å². The number of fused-ring (bicyclic) bond motifs is 1. The molecule has 1 amide bonds. The predicted molar refractivity (Wildman–Crippen MR) is 91.8 cm³/mol. The summed E-state index contributed by atoms with van der Waals surface area (Å²) in [5, 5.41) is 6.40. The van der Waals surface area contributed by atoms with Crippen molar-refractivity contribution in [1.82, 2.24) is 14.9 Å². The second-order valence-electron chi connectivity index (χ2n) is 5.87. The molecule has 2 aromatic rings. The normalized spacial score (nSPS) is 13.3. The molecule has 0 fully saturated rings. The van der Waals surface area contributed by atoms with Crippen LogP contribution in [0, 0.1) is 0 Å². The Morgan fingerprint density at radius 1 is 1.43 bits per heavy atom. The maximum Gasteiger partial charge on any atom is 0.253 e. The van der Waals surface area contributed by atoms with Crippen LogP contribution in [-0.4, -0.2) is 28.5 Å². The van der Waals surface area contributed by atoms with Crippen molar-refractivity contribution in [2.45, 2.75) is 39.2 Å². The van der Waals surface area contributed by atoms with Gasteiger partial charge in [0.2, 0.25) is 0 Å². The van der Waals surface area contributed by atoms with E-state index >= 15 is 0 Å². The molecular formula is C18H24N4O. The van der Waals surface area contributed by atoms with E-state index in [1.807, 2.05) is 24.5 Å². The SMILES string of the molecule is CCc1nccn1CCCNC(=O)c1cccc2c1NCCC2. The van der Waals surface area contributed by atoms with Crippen LogP contribution in [0.1, 0.15) is 41.5 Å². The number of rotatable bonds is 6. The molecule has 122 valence electrons. The van der Waals surface area contributed by atoms with Crippen molar-refractivity contribution in [2.24, 2.45) is 0 Å². The number of imidazole rings is 1. The highest BCUT2D eigenvalue weighted by Crippen LogP contribution is 2.25. The number of hydrogen-bond donors (Lipinski definition) is 2. The van der Waals surface area contributed by atoms with Gasteiger partial charge in [0, 0.05) is 38.4 Å². The fourth-order valence-corrected chi connectivity index (χ4v) is 3.10. The average molecular weight is 312 g/mol. The molecule has 0 saturated carbocycles. The van der Waals surface area contributed by atoms with E-state index in [1.54, 1.807) is 0 Å². The number of para-hydroxylation sites is 1. The van der Waals surface area contributed by atoms with Gasteiger partial charge in [0.1, 0.15) is 5.82 Å². The number of carbonyl (C=O) groups excluding carboxylic acids is 1. The first kappa shape index (κ1) is 15.6. The molecule has 0 saturated heterocycles. The van der Waals surface area contributed by atoms with Crippen molar-refractivity contribution in [3.63, 3.8) is 0 Å². The van der Waals surface area contributed by atoms with Crippen LogP contribution in [0.3, 0.4) is 0 Å². The van der Waals surface area contributed by atoms with Gasteiger partial charge < -0.3 is 15.2 Å². The molecule has 1 aromatic heterocycles. The molecule has 5 heteroatoms.